The second-order valence-corrected chi connectivity index (χ2v) is 5.03. The predicted octanol–water partition coefficient (Wildman–Crippen LogP) is 3.97. The van der Waals surface area contributed by atoms with Gasteiger partial charge < -0.3 is 0 Å². The van der Waals surface area contributed by atoms with Gasteiger partial charge in [-0.3, -0.25) is 9.98 Å². The van der Waals surface area contributed by atoms with E-state index in [4.69, 9.17) is 4.99 Å². The Morgan fingerprint density at radius 2 is 1.89 bits per heavy atom. The van der Waals surface area contributed by atoms with Gasteiger partial charge in [0.1, 0.15) is 0 Å². The van der Waals surface area contributed by atoms with Crippen LogP contribution in [0, 0.1) is 0 Å². The Labute approximate surface area is 114 Å². The van der Waals surface area contributed by atoms with Crippen LogP contribution in [0.15, 0.2) is 53.7 Å². The molecule has 1 aliphatic rings. The number of aryl methyl sites for hydroxylation is 1. The second kappa shape index (κ2) is 5.35. The number of hydrogen-bond acceptors (Lipinski definition) is 2. The van der Waals surface area contributed by atoms with E-state index in [0.717, 1.165) is 18.5 Å². The van der Waals surface area contributed by atoms with Crippen LogP contribution in [0.2, 0.25) is 0 Å². The van der Waals surface area contributed by atoms with Crippen molar-refractivity contribution in [3.8, 4) is 0 Å². The second-order valence-electron chi connectivity index (χ2n) is 5.03. The highest BCUT2D eigenvalue weighted by molar-refractivity contribution is 6.01. The van der Waals surface area contributed by atoms with Crippen molar-refractivity contribution in [1.29, 1.82) is 0 Å². The minimum Gasteiger partial charge on any atom is -0.280 e. The molecule has 0 bridgehead atoms. The van der Waals surface area contributed by atoms with E-state index in [1.54, 1.807) is 0 Å². The lowest BCUT2D eigenvalue weighted by Gasteiger charge is -2.18. The molecule has 2 nitrogen and oxygen atoms in total. The van der Waals surface area contributed by atoms with Crippen molar-refractivity contribution in [3.05, 3.63) is 65.5 Å². The molecule has 1 aliphatic carbocycles. The summed E-state index contributed by atoms with van der Waals surface area (Å²) in [5, 5.41) is 0. The lowest BCUT2D eigenvalue weighted by Crippen LogP contribution is -2.14. The van der Waals surface area contributed by atoms with Crippen LogP contribution in [0.3, 0.4) is 0 Å². The summed E-state index contributed by atoms with van der Waals surface area (Å²) in [5.41, 5.74) is 4.88. The molecule has 0 unspecified atom stereocenters. The average molecular weight is 250 g/mol. The van der Waals surface area contributed by atoms with Crippen molar-refractivity contribution in [2.24, 2.45) is 4.99 Å². The number of aliphatic imine (C=N–C) groups is 1. The van der Waals surface area contributed by atoms with Gasteiger partial charge in [-0.05, 0) is 43.4 Å². The number of hydrogen-bond donors (Lipinski definition) is 0. The zero-order valence-corrected chi connectivity index (χ0v) is 11.2. The zero-order valence-electron chi connectivity index (χ0n) is 11.2. The molecule has 2 aromatic rings. The summed E-state index contributed by atoms with van der Waals surface area (Å²) in [6, 6.07) is 14.8. The highest BCUT2D eigenvalue weighted by Gasteiger charge is 2.17. The van der Waals surface area contributed by atoms with Gasteiger partial charge in [0.2, 0.25) is 0 Å². The van der Waals surface area contributed by atoms with Gasteiger partial charge in [0.15, 0.2) is 0 Å². The molecular weight excluding hydrogens is 232 g/mol. The van der Waals surface area contributed by atoms with Gasteiger partial charge in [-0.25, -0.2) is 0 Å². The number of benzene rings is 1. The molecule has 1 aromatic heterocycles. The topological polar surface area (TPSA) is 25.2 Å². The Hall–Kier alpha value is -1.96. The van der Waals surface area contributed by atoms with Gasteiger partial charge in [-0.2, -0.15) is 0 Å². The summed E-state index contributed by atoms with van der Waals surface area (Å²) in [4.78, 5) is 9.42. The minimum absolute atomic E-state index is 0.198. The molecule has 0 saturated heterocycles. The first-order valence-corrected chi connectivity index (χ1v) is 6.90. The van der Waals surface area contributed by atoms with Crippen molar-refractivity contribution >= 4 is 5.71 Å². The van der Waals surface area contributed by atoms with Gasteiger partial charge in [-0.1, -0.05) is 36.4 Å². The molecule has 96 valence electrons. The predicted molar refractivity (Wildman–Crippen MR) is 78.6 cm³/mol. The van der Waals surface area contributed by atoms with Gasteiger partial charge in [0, 0.05) is 6.20 Å². The maximum atomic E-state index is 4.90. The fourth-order valence-corrected chi connectivity index (χ4v) is 2.63. The molecule has 1 atom stereocenters. The van der Waals surface area contributed by atoms with Crippen LogP contribution in [-0.2, 0) is 6.42 Å². The lowest BCUT2D eigenvalue weighted by molar-refractivity contribution is 0.778. The Balaban J connectivity index is 1.93. The SMILES string of the molecule is C[C@@H](N=C1CCCc2cccnc21)c1ccccc1. The van der Waals surface area contributed by atoms with Gasteiger partial charge in [0.05, 0.1) is 17.4 Å². The maximum absolute atomic E-state index is 4.90. The quantitative estimate of drug-likeness (QED) is 0.791. The largest absolute Gasteiger partial charge is 0.280 e. The fourth-order valence-electron chi connectivity index (χ4n) is 2.63. The molecule has 19 heavy (non-hydrogen) atoms. The van der Waals surface area contributed by atoms with Crippen LogP contribution in [-0.4, -0.2) is 10.7 Å². The third kappa shape index (κ3) is 2.58. The zero-order chi connectivity index (χ0) is 13.1. The Kier molecular flexibility index (Phi) is 3.41. The van der Waals surface area contributed by atoms with Crippen LogP contribution >= 0.6 is 0 Å². The van der Waals surface area contributed by atoms with Crippen molar-refractivity contribution < 1.29 is 0 Å². The summed E-state index contributed by atoms with van der Waals surface area (Å²) in [6.07, 6.45) is 5.22. The molecule has 0 aliphatic heterocycles. The van der Waals surface area contributed by atoms with E-state index in [1.165, 1.54) is 23.3 Å². The average Bonchev–Trinajstić information content (AvgIpc) is 2.48. The van der Waals surface area contributed by atoms with Crippen molar-refractivity contribution in [2.45, 2.75) is 32.2 Å². The number of aromatic nitrogens is 1. The Morgan fingerprint density at radius 1 is 1.05 bits per heavy atom. The molecule has 0 radical (unpaired) electrons. The molecule has 2 heteroatoms. The lowest BCUT2D eigenvalue weighted by atomic mass is 9.94. The maximum Gasteiger partial charge on any atom is 0.0872 e. The molecule has 0 N–H and O–H groups in total. The summed E-state index contributed by atoms with van der Waals surface area (Å²) >= 11 is 0. The number of pyridine rings is 1. The van der Waals surface area contributed by atoms with Crippen LogP contribution in [0.1, 0.15) is 42.6 Å². The molecule has 0 saturated carbocycles. The standard InChI is InChI=1S/C17H18N2/c1-13(14-7-3-2-4-8-14)19-16-11-5-9-15-10-6-12-18-17(15)16/h2-4,6-8,10,12-13H,5,9,11H2,1H3/t13-/m1/s1. The third-order valence-corrected chi connectivity index (χ3v) is 3.66. The van der Waals surface area contributed by atoms with Crippen LogP contribution < -0.4 is 0 Å². The van der Waals surface area contributed by atoms with Gasteiger partial charge in [0.25, 0.3) is 0 Å². The third-order valence-electron chi connectivity index (χ3n) is 3.66. The Bertz CT molecular complexity index is 587. The number of fused-ring (bicyclic) bond motifs is 1. The first-order valence-electron chi connectivity index (χ1n) is 6.90. The molecule has 0 amide bonds. The van der Waals surface area contributed by atoms with E-state index in [1.807, 2.05) is 18.3 Å². The molecular formula is C17H18N2. The molecule has 0 spiro atoms. The van der Waals surface area contributed by atoms with Gasteiger partial charge in [-0.15, -0.1) is 0 Å². The molecule has 3 rings (SSSR count). The van der Waals surface area contributed by atoms with Crippen LogP contribution in [0.4, 0.5) is 0 Å². The van der Waals surface area contributed by atoms with E-state index in [9.17, 15) is 0 Å². The monoisotopic (exact) mass is 250 g/mol. The van der Waals surface area contributed by atoms with E-state index in [-0.39, 0.29) is 6.04 Å². The van der Waals surface area contributed by atoms with Crippen LogP contribution in [0.25, 0.3) is 0 Å². The minimum atomic E-state index is 0.198. The summed E-state index contributed by atoms with van der Waals surface area (Å²) in [5.74, 6) is 0. The van der Waals surface area contributed by atoms with E-state index in [2.05, 4.69) is 42.2 Å². The summed E-state index contributed by atoms with van der Waals surface area (Å²) < 4.78 is 0. The van der Waals surface area contributed by atoms with Gasteiger partial charge >= 0.3 is 0 Å². The van der Waals surface area contributed by atoms with Crippen LogP contribution in [0.5, 0.6) is 0 Å². The highest BCUT2D eigenvalue weighted by atomic mass is 14.8. The summed E-state index contributed by atoms with van der Waals surface area (Å²) in [6.45, 7) is 2.15. The van der Waals surface area contributed by atoms with E-state index in [0.29, 0.717) is 0 Å². The van der Waals surface area contributed by atoms with Crippen molar-refractivity contribution in [3.63, 3.8) is 0 Å². The van der Waals surface area contributed by atoms with E-state index >= 15 is 0 Å². The molecule has 0 fully saturated rings. The van der Waals surface area contributed by atoms with E-state index < -0.39 is 0 Å². The first kappa shape index (κ1) is 12.1. The fraction of sp³-hybridized carbons (Fsp3) is 0.294. The number of rotatable bonds is 2. The normalized spacial score (nSPS) is 18.1. The first-order chi connectivity index (χ1) is 9.34. The van der Waals surface area contributed by atoms with Crippen molar-refractivity contribution in [2.75, 3.05) is 0 Å². The number of nitrogens with zero attached hydrogens (tertiary/aromatic N) is 2. The summed E-state index contributed by atoms with van der Waals surface area (Å²) in [7, 11) is 0. The molecule has 1 aromatic carbocycles. The molecule has 1 heterocycles. The Morgan fingerprint density at radius 3 is 2.74 bits per heavy atom. The smallest absolute Gasteiger partial charge is 0.0872 e. The van der Waals surface area contributed by atoms with Crippen molar-refractivity contribution in [1.82, 2.24) is 4.98 Å². The highest BCUT2D eigenvalue weighted by Crippen LogP contribution is 2.23.